The highest BCUT2D eigenvalue weighted by atomic mass is 16.3. The van der Waals surface area contributed by atoms with E-state index in [0.717, 1.165) is 0 Å². The SMILES string of the molecule is O=C(NC(CO)(CO)CO)C1C2C3CCC(C3)C12. The Morgan fingerprint density at radius 1 is 1.06 bits per heavy atom. The second kappa shape index (κ2) is 4.18. The average Bonchev–Trinajstić information content (AvgIpc) is 2.85. The zero-order chi connectivity index (χ0) is 12.9. The fourth-order valence-corrected chi connectivity index (χ4v) is 4.29. The molecule has 3 saturated carbocycles. The van der Waals surface area contributed by atoms with Crippen molar-refractivity contribution in [1.29, 1.82) is 0 Å². The van der Waals surface area contributed by atoms with Crippen LogP contribution in [0.2, 0.25) is 0 Å². The lowest BCUT2D eigenvalue weighted by Crippen LogP contribution is -2.57. The van der Waals surface area contributed by atoms with Gasteiger partial charge >= 0.3 is 0 Å². The van der Waals surface area contributed by atoms with Crippen LogP contribution in [-0.4, -0.2) is 46.6 Å². The first-order valence-electron chi connectivity index (χ1n) is 6.80. The van der Waals surface area contributed by atoms with Gasteiger partial charge in [0.25, 0.3) is 0 Å². The monoisotopic (exact) mass is 255 g/mol. The molecular weight excluding hydrogens is 234 g/mol. The second-order valence-electron chi connectivity index (χ2n) is 6.26. The number of hydrogen-bond acceptors (Lipinski definition) is 4. The zero-order valence-corrected chi connectivity index (χ0v) is 10.4. The topological polar surface area (TPSA) is 89.8 Å². The number of amides is 1. The number of carbonyl (C=O) groups is 1. The van der Waals surface area contributed by atoms with Crippen molar-refractivity contribution in [1.82, 2.24) is 5.32 Å². The van der Waals surface area contributed by atoms with Crippen LogP contribution >= 0.6 is 0 Å². The van der Waals surface area contributed by atoms with Crippen LogP contribution in [0.4, 0.5) is 0 Å². The van der Waals surface area contributed by atoms with Gasteiger partial charge < -0.3 is 20.6 Å². The molecule has 4 unspecified atom stereocenters. The van der Waals surface area contributed by atoms with Crippen molar-refractivity contribution in [3.8, 4) is 0 Å². The van der Waals surface area contributed by atoms with Gasteiger partial charge in [-0.3, -0.25) is 4.79 Å². The Balaban J connectivity index is 1.64. The van der Waals surface area contributed by atoms with Gasteiger partial charge in [-0.05, 0) is 42.9 Å². The molecule has 3 aliphatic rings. The smallest absolute Gasteiger partial charge is 0.224 e. The van der Waals surface area contributed by atoms with Crippen LogP contribution < -0.4 is 5.32 Å². The Morgan fingerprint density at radius 2 is 1.56 bits per heavy atom. The van der Waals surface area contributed by atoms with E-state index in [1.54, 1.807) is 0 Å². The predicted octanol–water partition coefficient (Wildman–Crippen LogP) is -0.890. The summed E-state index contributed by atoms with van der Waals surface area (Å²) in [4.78, 5) is 12.2. The van der Waals surface area contributed by atoms with Gasteiger partial charge in [-0.25, -0.2) is 0 Å². The van der Waals surface area contributed by atoms with Crippen LogP contribution in [0.25, 0.3) is 0 Å². The van der Waals surface area contributed by atoms with Crippen molar-refractivity contribution < 1.29 is 20.1 Å². The van der Waals surface area contributed by atoms with Crippen LogP contribution in [0.1, 0.15) is 19.3 Å². The van der Waals surface area contributed by atoms with Gasteiger partial charge in [0.2, 0.25) is 5.91 Å². The molecule has 0 heterocycles. The summed E-state index contributed by atoms with van der Waals surface area (Å²) >= 11 is 0. The summed E-state index contributed by atoms with van der Waals surface area (Å²) in [5, 5.41) is 30.3. The molecule has 4 N–H and O–H groups in total. The highest BCUT2D eigenvalue weighted by Crippen LogP contribution is 2.69. The maximum atomic E-state index is 12.2. The standard InChI is InChI=1S/C13H21NO4/c15-4-13(5-16,6-17)14-12(18)11-9-7-1-2-8(3-7)10(9)11/h7-11,15-17H,1-6H2,(H,14,18). The summed E-state index contributed by atoms with van der Waals surface area (Å²) in [6, 6.07) is 0. The Morgan fingerprint density at radius 3 is 2.00 bits per heavy atom. The minimum atomic E-state index is -1.27. The van der Waals surface area contributed by atoms with Crippen LogP contribution in [0.15, 0.2) is 0 Å². The molecule has 5 heteroatoms. The van der Waals surface area contributed by atoms with Gasteiger partial charge in [0.15, 0.2) is 0 Å². The Kier molecular flexibility index (Phi) is 2.88. The lowest BCUT2D eigenvalue weighted by Gasteiger charge is -2.29. The fraction of sp³-hybridized carbons (Fsp3) is 0.923. The molecule has 0 aromatic rings. The maximum absolute atomic E-state index is 12.2. The number of hydrogen-bond donors (Lipinski definition) is 4. The Bertz CT molecular complexity index is 331. The molecule has 3 rings (SSSR count). The van der Waals surface area contributed by atoms with Crippen LogP contribution in [0.5, 0.6) is 0 Å². The van der Waals surface area contributed by atoms with Crippen LogP contribution in [0.3, 0.4) is 0 Å². The van der Waals surface area contributed by atoms with Gasteiger partial charge in [0.1, 0.15) is 5.54 Å². The van der Waals surface area contributed by atoms with E-state index >= 15 is 0 Å². The van der Waals surface area contributed by atoms with Crippen molar-refractivity contribution in [3.05, 3.63) is 0 Å². The summed E-state index contributed by atoms with van der Waals surface area (Å²) in [6.07, 6.45) is 3.78. The van der Waals surface area contributed by atoms with Gasteiger partial charge in [-0.2, -0.15) is 0 Å². The van der Waals surface area contributed by atoms with Gasteiger partial charge in [-0.1, -0.05) is 0 Å². The number of carbonyl (C=O) groups excluding carboxylic acids is 1. The quantitative estimate of drug-likeness (QED) is 0.513. The molecule has 102 valence electrons. The molecule has 0 aromatic heterocycles. The largest absolute Gasteiger partial charge is 0.394 e. The van der Waals surface area contributed by atoms with Crippen molar-refractivity contribution in [2.24, 2.45) is 29.6 Å². The van der Waals surface area contributed by atoms with Gasteiger partial charge in [0.05, 0.1) is 19.8 Å². The van der Waals surface area contributed by atoms with Crippen molar-refractivity contribution in [2.75, 3.05) is 19.8 Å². The number of aliphatic hydroxyl groups is 3. The number of fused-ring (bicyclic) bond motifs is 5. The molecule has 0 radical (unpaired) electrons. The number of rotatable bonds is 5. The first-order valence-corrected chi connectivity index (χ1v) is 6.80. The average molecular weight is 255 g/mol. The molecule has 2 bridgehead atoms. The predicted molar refractivity (Wildman–Crippen MR) is 63.4 cm³/mol. The van der Waals surface area contributed by atoms with E-state index in [2.05, 4.69) is 5.32 Å². The van der Waals surface area contributed by atoms with E-state index in [1.807, 2.05) is 0 Å². The molecule has 0 aliphatic heterocycles. The molecule has 3 fully saturated rings. The highest BCUT2D eigenvalue weighted by Gasteiger charge is 2.67. The summed E-state index contributed by atoms with van der Waals surface area (Å²) < 4.78 is 0. The van der Waals surface area contributed by atoms with E-state index in [4.69, 9.17) is 0 Å². The van der Waals surface area contributed by atoms with E-state index in [-0.39, 0.29) is 11.8 Å². The third-order valence-corrected chi connectivity index (χ3v) is 5.33. The molecule has 4 atom stereocenters. The van der Waals surface area contributed by atoms with Crippen molar-refractivity contribution in [2.45, 2.75) is 24.8 Å². The van der Waals surface area contributed by atoms with Gasteiger partial charge in [0, 0.05) is 5.92 Å². The first-order chi connectivity index (χ1) is 8.65. The van der Waals surface area contributed by atoms with Gasteiger partial charge in [-0.15, -0.1) is 0 Å². The summed E-state index contributed by atoms with van der Waals surface area (Å²) in [5.74, 6) is 2.43. The van der Waals surface area contributed by atoms with Crippen molar-refractivity contribution >= 4 is 5.91 Å². The molecule has 3 aliphatic carbocycles. The minimum absolute atomic E-state index is 0.0558. The van der Waals surface area contributed by atoms with E-state index in [1.165, 1.54) is 19.3 Å². The molecule has 1 amide bonds. The lowest BCUT2D eigenvalue weighted by atomic mass is 9.99. The van der Waals surface area contributed by atoms with Crippen LogP contribution in [-0.2, 0) is 4.79 Å². The maximum Gasteiger partial charge on any atom is 0.224 e. The Hall–Kier alpha value is -0.650. The summed E-state index contributed by atoms with van der Waals surface area (Å²) in [7, 11) is 0. The number of aliphatic hydroxyl groups excluding tert-OH is 3. The summed E-state index contributed by atoms with van der Waals surface area (Å²) in [5.41, 5.74) is -1.27. The van der Waals surface area contributed by atoms with E-state index in [0.29, 0.717) is 23.7 Å². The van der Waals surface area contributed by atoms with E-state index in [9.17, 15) is 20.1 Å². The Labute approximate surface area is 106 Å². The summed E-state index contributed by atoms with van der Waals surface area (Å²) in [6.45, 7) is -1.33. The fourth-order valence-electron chi connectivity index (χ4n) is 4.29. The van der Waals surface area contributed by atoms with Crippen LogP contribution in [0, 0.1) is 29.6 Å². The molecule has 5 nitrogen and oxygen atoms in total. The minimum Gasteiger partial charge on any atom is -0.394 e. The third-order valence-electron chi connectivity index (χ3n) is 5.33. The third kappa shape index (κ3) is 1.61. The highest BCUT2D eigenvalue weighted by molar-refractivity contribution is 5.83. The molecule has 0 spiro atoms. The molecule has 0 aromatic carbocycles. The molecular formula is C13H21NO4. The lowest BCUT2D eigenvalue weighted by molar-refractivity contribution is -0.127. The normalized spacial score (nSPS) is 40.7. The molecule has 18 heavy (non-hydrogen) atoms. The van der Waals surface area contributed by atoms with E-state index < -0.39 is 25.4 Å². The molecule has 0 saturated heterocycles. The number of nitrogens with one attached hydrogen (secondary N) is 1. The zero-order valence-electron chi connectivity index (χ0n) is 10.4. The second-order valence-corrected chi connectivity index (χ2v) is 6.26. The van der Waals surface area contributed by atoms with Crippen molar-refractivity contribution in [3.63, 3.8) is 0 Å². The first kappa shape index (κ1) is 12.4.